The van der Waals surface area contributed by atoms with Gasteiger partial charge in [-0.05, 0) is 31.0 Å². The maximum absolute atomic E-state index is 12.0. The topological polar surface area (TPSA) is 41.5 Å². The van der Waals surface area contributed by atoms with Crippen LogP contribution in [0.1, 0.15) is 49.9 Å². The summed E-state index contributed by atoms with van der Waals surface area (Å²) in [5, 5.41) is 5.00. The molecule has 0 atom stereocenters. The first kappa shape index (κ1) is 16.0. The van der Waals surface area contributed by atoms with Crippen LogP contribution < -0.4 is 5.43 Å². The second-order valence-electron chi connectivity index (χ2n) is 4.24. The minimum absolute atomic E-state index is 0.336. The summed E-state index contributed by atoms with van der Waals surface area (Å²) in [5.41, 5.74) is 3.88. The minimum atomic E-state index is -0.336. The van der Waals surface area contributed by atoms with Crippen molar-refractivity contribution in [1.29, 1.82) is 0 Å². The monoisotopic (exact) mass is 300 g/mol. The highest BCUT2D eigenvalue weighted by molar-refractivity contribution is 6.35. The number of halogens is 2. The number of nitrogens with zero attached hydrogens (tertiary/aromatic N) is 1. The van der Waals surface area contributed by atoms with E-state index in [2.05, 4.69) is 24.4 Å². The summed E-state index contributed by atoms with van der Waals surface area (Å²) in [4.78, 5) is 12.0. The Morgan fingerprint density at radius 3 is 2.42 bits per heavy atom. The summed E-state index contributed by atoms with van der Waals surface area (Å²) in [6.07, 6.45) is 3.79. The highest BCUT2D eigenvalue weighted by Crippen LogP contribution is 2.20. The predicted molar refractivity (Wildman–Crippen MR) is 81.2 cm³/mol. The molecule has 1 N–H and O–H groups in total. The van der Waals surface area contributed by atoms with Gasteiger partial charge in [-0.15, -0.1) is 0 Å². The van der Waals surface area contributed by atoms with Gasteiger partial charge in [0.15, 0.2) is 0 Å². The second kappa shape index (κ2) is 8.18. The summed E-state index contributed by atoms with van der Waals surface area (Å²) in [6.45, 7) is 4.17. The van der Waals surface area contributed by atoms with E-state index in [9.17, 15) is 4.79 Å². The molecule has 0 saturated heterocycles. The van der Waals surface area contributed by atoms with E-state index >= 15 is 0 Å². The molecule has 0 unspecified atom stereocenters. The molecule has 19 heavy (non-hydrogen) atoms. The molecule has 1 aromatic rings. The highest BCUT2D eigenvalue weighted by Gasteiger charge is 2.10. The first-order valence-electron chi connectivity index (χ1n) is 6.39. The number of hydrogen-bond donors (Lipinski definition) is 1. The van der Waals surface area contributed by atoms with Gasteiger partial charge in [-0.2, -0.15) is 5.10 Å². The van der Waals surface area contributed by atoms with Gasteiger partial charge in [0.25, 0.3) is 5.91 Å². The van der Waals surface area contributed by atoms with Crippen LogP contribution in [-0.4, -0.2) is 11.6 Å². The van der Waals surface area contributed by atoms with E-state index in [1.54, 1.807) is 12.1 Å². The van der Waals surface area contributed by atoms with Gasteiger partial charge < -0.3 is 0 Å². The maximum atomic E-state index is 12.0. The molecule has 1 aromatic carbocycles. The van der Waals surface area contributed by atoms with E-state index in [4.69, 9.17) is 23.2 Å². The number of hydrogen-bond acceptors (Lipinski definition) is 2. The molecule has 0 heterocycles. The zero-order valence-corrected chi connectivity index (χ0v) is 12.7. The minimum Gasteiger partial charge on any atom is -0.267 e. The van der Waals surface area contributed by atoms with Crippen molar-refractivity contribution < 1.29 is 4.79 Å². The number of benzene rings is 1. The van der Waals surface area contributed by atoms with Gasteiger partial charge in [0.1, 0.15) is 0 Å². The van der Waals surface area contributed by atoms with E-state index in [-0.39, 0.29) is 5.91 Å². The van der Waals surface area contributed by atoms with E-state index < -0.39 is 0 Å². The Bertz CT molecular complexity index is 465. The lowest BCUT2D eigenvalue weighted by Gasteiger charge is -2.06. The number of carbonyl (C=O) groups excluding carboxylic acids is 1. The van der Waals surface area contributed by atoms with E-state index in [1.165, 1.54) is 6.07 Å². The molecule has 0 radical (unpaired) electrons. The lowest BCUT2D eigenvalue weighted by molar-refractivity contribution is 0.0955. The largest absolute Gasteiger partial charge is 0.272 e. The van der Waals surface area contributed by atoms with Gasteiger partial charge in [0.2, 0.25) is 0 Å². The molecule has 1 rings (SSSR count). The predicted octanol–water partition coefficient (Wildman–Crippen LogP) is 4.68. The average molecular weight is 301 g/mol. The van der Waals surface area contributed by atoms with Crippen molar-refractivity contribution in [2.75, 3.05) is 0 Å². The fourth-order valence-corrected chi connectivity index (χ4v) is 2.05. The molecule has 104 valence electrons. The van der Waals surface area contributed by atoms with Crippen molar-refractivity contribution in [2.45, 2.75) is 39.5 Å². The molecule has 0 aliphatic rings. The Balaban J connectivity index is 2.78. The van der Waals surface area contributed by atoms with Gasteiger partial charge in [-0.1, -0.05) is 49.9 Å². The van der Waals surface area contributed by atoms with Crippen molar-refractivity contribution in [2.24, 2.45) is 5.10 Å². The Morgan fingerprint density at radius 2 is 1.84 bits per heavy atom. The SMILES string of the molecule is CCCC(CCC)=NNC(=O)c1cc(Cl)ccc1Cl. The molecule has 0 aliphatic heterocycles. The Labute approximate surface area is 124 Å². The van der Waals surface area contributed by atoms with Gasteiger partial charge in [-0.25, -0.2) is 5.43 Å². The van der Waals surface area contributed by atoms with E-state index in [0.717, 1.165) is 31.4 Å². The van der Waals surface area contributed by atoms with Crippen molar-refractivity contribution in [1.82, 2.24) is 5.43 Å². The van der Waals surface area contributed by atoms with Crippen molar-refractivity contribution in [3.63, 3.8) is 0 Å². The molecule has 0 spiro atoms. The van der Waals surface area contributed by atoms with Gasteiger partial charge in [0.05, 0.1) is 10.6 Å². The normalized spacial score (nSPS) is 10.1. The number of hydrazone groups is 1. The molecular formula is C14H18Cl2N2O. The molecule has 0 aliphatic carbocycles. The van der Waals surface area contributed by atoms with Gasteiger partial charge in [-0.3, -0.25) is 4.79 Å². The van der Waals surface area contributed by atoms with Crippen LogP contribution in [-0.2, 0) is 0 Å². The molecule has 0 fully saturated rings. The first-order chi connectivity index (χ1) is 9.08. The third-order valence-corrected chi connectivity index (χ3v) is 3.13. The van der Waals surface area contributed by atoms with Crippen molar-refractivity contribution >= 4 is 34.8 Å². The molecule has 5 heteroatoms. The van der Waals surface area contributed by atoms with Crippen LogP contribution in [0.2, 0.25) is 10.0 Å². The molecule has 1 amide bonds. The van der Waals surface area contributed by atoms with Gasteiger partial charge in [0, 0.05) is 10.7 Å². The Kier molecular flexibility index (Phi) is 6.89. The lowest BCUT2D eigenvalue weighted by Crippen LogP contribution is -2.20. The summed E-state index contributed by atoms with van der Waals surface area (Å²) in [5.74, 6) is -0.336. The number of carbonyl (C=O) groups is 1. The summed E-state index contributed by atoms with van der Waals surface area (Å²) >= 11 is 11.8. The van der Waals surface area contributed by atoms with Crippen molar-refractivity contribution in [3.8, 4) is 0 Å². The molecule has 0 saturated carbocycles. The van der Waals surface area contributed by atoms with Crippen LogP contribution in [0, 0.1) is 0 Å². The van der Waals surface area contributed by atoms with E-state index in [0.29, 0.717) is 15.6 Å². The van der Waals surface area contributed by atoms with Crippen LogP contribution >= 0.6 is 23.2 Å². The smallest absolute Gasteiger partial charge is 0.267 e. The molecule has 3 nitrogen and oxygen atoms in total. The first-order valence-corrected chi connectivity index (χ1v) is 7.14. The third-order valence-electron chi connectivity index (χ3n) is 2.57. The lowest BCUT2D eigenvalue weighted by atomic mass is 10.1. The van der Waals surface area contributed by atoms with Crippen LogP contribution in [0.4, 0.5) is 0 Å². The number of rotatable bonds is 6. The standard InChI is InChI=1S/C14H18Cl2N2O/c1-3-5-11(6-4-2)17-18-14(19)12-9-10(15)7-8-13(12)16/h7-9H,3-6H2,1-2H3,(H,18,19). The van der Waals surface area contributed by atoms with E-state index in [1.807, 2.05) is 0 Å². The third kappa shape index (κ3) is 5.21. The van der Waals surface area contributed by atoms with Gasteiger partial charge >= 0.3 is 0 Å². The van der Waals surface area contributed by atoms with Crippen molar-refractivity contribution in [3.05, 3.63) is 33.8 Å². The van der Waals surface area contributed by atoms with Crippen LogP contribution in [0.25, 0.3) is 0 Å². The zero-order chi connectivity index (χ0) is 14.3. The van der Waals surface area contributed by atoms with Crippen LogP contribution in [0.3, 0.4) is 0 Å². The highest BCUT2D eigenvalue weighted by atomic mass is 35.5. The fraction of sp³-hybridized carbons (Fsp3) is 0.429. The zero-order valence-electron chi connectivity index (χ0n) is 11.2. The summed E-state index contributed by atoms with van der Waals surface area (Å²) < 4.78 is 0. The second-order valence-corrected chi connectivity index (χ2v) is 5.09. The Morgan fingerprint density at radius 1 is 1.21 bits per heavy atom. The molecule has 0 bridgehead atoms. The fourth-order valence-electron chi connectivity index (χ4n) is 1.68. The summed E-state index contributed by atoms with van der Waals surface area (Å²) in [6, 6.07) is 4.78. The quantitative estimate of drug-likeness (QED) is 0.601. The summed E-state index contributed by atoms with van der Waals surface area (Å²) in [7, 11) is 0. The maximum Gasteiger partial charge on any atom is 0.272 e. The Hall–Kier alpha value is -1.06. The van der Waals surface area contributed by atoms with Crippen LogP contribution in [0.5, 0.6) is 0 Å². The number of amides is 1. The average Bonchev–Trinajstić information content (AvgIpc) is 2.39. The molecular weight excluding hydrogens is 283 g/mol. The molecule has 0 aromatic heterocycles. The van der Waals surface area contributed by atoms with Crippen LogP contribution in [0.15, 0.2) is 23.3 Å². The number of nitrogens with one attached hydrogen (secondary N) is 1.